The lowest BCUT2D eigenvalue weighted by Gasteiger charge is -2.39. The predicted octanol–water partition coefficient (Wildman–Crippen LogP) is 4.50. The number of ether oxygens (including phenoxy) is 2. The van der Waals surface area contributed by atoms with Crippen LogP contribution in [0.5, 0.6) is 11.5 Å². The van der Waals surface area contributed by atoms with Gasteiger partial charge in [-0.1, -0.05) is 6.07 Å². The van der Waals surface area contributed by atoms with Gasteiger partial charge in [0.15, 0.2) is 17.3 Å². The molecule has 1 saturated heterocycles. The molecule has 0 saturated carbocycles. The Hall–Kier alpha value is -4.13. The number of hydrogen-bond donors (Lipinski definition) is 2. The lowest BCUT2D eigenvalue weighted by molar-refractivity contribution is -0.138. The third-order valence-electron chi connectivity index (χ3n) is 7.04. The molecule has 1 aromatic heterocycles. The van der Waals surface area contributed by atoms with E-state index >= 15 is 8.78 Å². The monoisotopic (exact) mass is 564 g/mol. The summed E-state index contributed by atoms with van der Waals surface area (Å²) in [6.07, 6.45) is -4.42. The second-order valence-electron chi connectivity index (χ2n) is 9.65. The van der Waals surface area contributed by atoms with E-state index in [-0.39, 0.29) is 35.7 Å². The summed E-state index contributed by atoms with van der Waals surface area (Å²) in [4.78, 5) is 30.5. The second kappa shape index (κ2) is 10.5. The van der Waals surface area contributed by atoms with Crippen LogP contribution in [0, 0.1) is 11.6 Å². The number of likely N-dealkylation sites (N-methyl/N-ethyl adjacent to an activating group) is 1. The normalized spacial score (nSPS) is 17.6. The van der Waals surface area contributed by atoms with Crippen LogP contribution in [0.3, 0.4) is 0 Å². The highest BCUT2D eigenvalue weighted by Crippen LogP contribution is 2.42. The first-order valence-corrected chi connectivity index (χ1v) is 12.4. The molecule has 2 aliphatic rings. The van der Waals surface area contributed by atoms with E-state index in [1.54, 1.807) is 4.90 Å². The van der Waals surface area contributed by atoms with Gasteiger partial charge in [0.2, 0.25) is 5.56 Å². The smallest absolute Gasteiger partial charge is 0.417 e. The topological polar surface area (TPSA) is 86.9 Å². The van der Waals surface area contributed by atoms with Crippen molar-refractivity contribution in [1.29, 1.82) is 0 Å². The van der Waals surface area contributed by atoms with E-state index in [9.17, 15) is 22.8 Å². The zero-order valence-electron chi connectivity index (χ0n) is 21.5. The highest BCUT2D eigenvalue weighted by molar-refractivity contribution is 6.07. The van der Waals surface area contributed by atoms with Crippen molar-refractivity contribution in [3.63, 3.8) is 0 Å². The zero-order valence-corrected chi connectivity index (χ0v) is 21.5. The SMILES string of the molecule is CC1CN(c2cc(F)c(-c3ccc4c(c3)OCCO4)c(F)c2NC(=O)c2c[nH]c(=O)cc2C(F)(F)F)CCN1C. The summed E-state index contributed by atoms with van der Waals surface area (Å²) < 4.78 is 83.8. The molecule has 8 nitrogen and oxygen atoms in total. The maximum atomic E-state index is 16.3. The first-order valence-electron chi connectivity index (χ1n) is 12.4. The summed E-state index contributed by atoms with van der Waals surface area (Å²) in [5.41, 5.74) is -4.42. The highest BCUT2D eigenvalue weighted by atomic mass is 19.4. The first kappa shape index (κ1) is 27.4. The van der Waals surface area contributed by atoms with Gasteiger partial charge in [0.25, 0.3) is 5.91 Å². The molecule has 13 heteroatoms. The number of halogens is 5. The molecule has 1 unspecified atom stereocenters. The van der Waals surface area contributed by atoms with Crippen molar-refractivity contribution in [3.8, 4) is 22.6 Å². The van der Waals surface area contributed by atoms with Gasteiger partial charge in [0.05, 0.1) is 22.4 Å². The average molecular weight is 565 g/mol. The van der Waals surface area contributed by atoms with Crippen molar-refractivity contribution in [2.45, 2.75) is 19.1 Å². The van der Waals surface area contributed by atoms with Crippen molar-refractivity contribution in [2.24, 2.45) is 0 Å². The van der Waals surface area contributed by atoms with Crippen molar-refractivity contribution in [3.05, 3.63) is 69.6 Å². The number of nitrogens with zero attached hydrogens (tertiary/aromatic N) is 2. The molecule has 1 atom stereocenters. The molecule has 2 aliphatic heterocycles. The standard InChI is InChI=1S/C27H25F5N4O4/c1-14-13-36(6-5-35(14)2)19-11-18(28)23(15-3-4-20-21(9-15)40-8-7-39-20)24(29)25(19)34-26(38)16-12-33-22(37)10-17(16)27(30,31)32/h3-4,9-12,14H,5-8,13H2,1-2H3,(H,33,37)(H,34,38). The molecule has 1 amide bonds. The number of alkyl halides is 3. The van der Waals surface area contributed by atoms with Gasteiger partial charge in [-0.25, -0.2) is 8.78 Å². The van der Waals surface area contributed by atoms with E-state index in [0.717, 1.165) is 6.07 Å². The Morgan fingerprint density at radius 1 is 1.07 bits per heavy atom. The lowest BCUT2D eigenvalue weighted by atomic mass is 10.00. The Bertz CT molecular complexity index is 1520. The Morgan fingerprint density at radius 2 is 1.80 bits per heavy atom. The van der Waals surface area contributed by atoms with Crippen LogP contribution in [0.4, 0.5) is 33.3 Å². The minimum absolute atomic E-state index is 0.0167. The molecule has 0 radical (unpaired) electrons. The zero-order chi connectivity index (χ0) is 28.8. The predicted molar refractivity (Wildman–Crippen MR) is 137 cm³/mol. The molecule has 0 spiro atoms. The van der Waals surface area contributed by atoms with E-state index in [1.165, 1.54) is 18.2 Å². The summed E-state index contributed by atoms with van der Waals surface area (Å²) in [6, 6.07) is 5.59. The number of pyridine rings is 1. The number of carbonyl (C=O) groups is 1. The molecule has 1 fully saturated rings. The van der Waals surface area contributed by atoms with Crippen molar-refractivity contribution in [1.82, 2.24) is 9.88 Å². The maximum Gasteiger partial charge on any atom is 0.417 e. The van der Waals surface area contributed by atoms with Crippen LogP contribution in [0.25, 0.3) is 11.1 Å². The van der Waals surface area contributed by atoms with Gasteiger partial charge in [0, 0.05) is 44.0 Å². The van der Waals surface area contributed by atoms with E-state index in [1.807, 2.05) is 23.9 Å². The third-order valence-corrected chi connectivity index (χ3v) is 7.04. The number of benzene rings is 2. The van der Waals surface area contributed by atoms with Crippen LogP contribution in [-0.4, -0.2) is 61.7 Å². The first-order chi connectivity index (χ1) is 18.9. The minimum Gasteiger partial charge on any atom is -0.486 e. The summed E-state index contributed by atoms with van der Waals surface area (Å²) in [5.74, 6) is -2.78. The van der Waals surface area contributed by atoms with Crippen molar-refractivity contribution in [2.75, 3.05) is 50.1 Å². The van der Waals surface area contributed by atoms with Crippen LogP contribution in [0.15, 0.2) is 41.3 Å². The molecule has 2 aromatic carbocycles. The largest absolute Gasteiger partial charge is 0.486 e. The van der Waals surface area contributed by atoms with Crippen LogP contribution in [-0.2, 0) is 6.18 Å². The molecule has 3 aromatic rings. The summed E-state index contributed by atoms with van der Waals surface area (Å²) in [7, 11) is 1.89. The number of carbonyl (C=O) groups excluding carboxylic acids is 1. The van der Waals surface area contributed by atoms with Gasteiger partial charge in [-0.2, -0.15) is 13.2 Å². The van der Waals surface area contributed by atoms with Crippen LogP contribution >= 0.6 is 0 Å². The molecular formula is C27H25F5N4O4. The number of hydrogen-bond acceptors (Lipinski definition) is 6. The van der Waals surface area contributed by atoms with Crippen LogP contribution in [0.2, 0.25) is 0 Å². The van der Waals surface area contributed by atoms with Gasteiger partial charge in [0.1, 0.15) is 24.7 Å². The maximum absolute atomic E-state index is 16.3. The minimum atomic E-state index is -5.03. The van der Waals surface area contributed by atoms with E-state index in [0.29, 0.717) is 38.2 Å². The van der Waals surface area contributed by atoms with Crippen LogP contribution in [0.1, 0.15) is 22.8 Å². The Labute approximate surface area is 225 Å². The molecular weight excluding hydrogens is 539 g/mol. The van der Waals surface area contributed by atoms with E-state index in [4.69, 9.17) is 9.47 Å². The quantitative estimate of drug-likeness (QED) is 0.454. The fraction of sp³-hybridized carbons (Fsp3) is 0.333. The summed E-state index contributed by atoms with van der Waals surface area (Å²) in [5, 5.41) is 2.24. The second-order valence-corrected chi connectivity index (χ2v) is 9.65. The average Bonchev–Trinajstić information content (AvgIpc) is 2.91. The molecule has 212 valence electrons. The molecule has 40 heavy (non-hydrogen) atoms. The molecule has 0 aliphatic carbocycles. The lowest BCUT2D eigenvalue weighted by Crippen LogP contribution is -2.50. The van der Waals surface area contributed by atoms with Crippen LogP contribution < -0.4 is 25.2 Å². The third kappa shape index (κ3) is 5.20. The fourth-order valence-corrected chi connectivity index (χ4v) is 4.78. The Kier molecular flexibility index (Phi) is 7.17. The van der Waals surface area contributed by atoms with Crippen molar-refractivity contribution < 1.29 is 36.2 Å². The summed E-state index contributed by atoms with van der Waals surface area (Å²) in [6.45, 7) is 3.70. The van der Waals surface area contributed by atoms with Gasteiger partial charge >= 0.3 is 6.18 Å². The summed E-state index contributed by atoms with van der Waals surface area (Å²) >= 11 is 0. The van der Waals surface area contributed by atoms with E-state index < -0.39 is 51.7 Å². The number of aromatic nitrogens is 1. The molecule has 3 heterocycles. The van der Waals surface area contributed by atoms with Crippen molar-refractivity contribution >= 4 is 17.3 Å². The molecule has 2 N–H and O–H groups in total. The number of aromatic amines is 1. The fourth-order valence-electron chi connectivity index (χ4n) is 4.78. The molecule has 0 bridgehead atoms. The number of H-pyrrole nitrogens is 1. The van der Waals surface area contributed by atoms with Gasteiger partial charge in [-0.05, 0) is 31.7 Å². The van der Waals surface area contributed by atoms with Gasteiger partial charge in [-0.3, -0.25) is 9.59 Å². The Balaban J connectivity index is 1.63. The Morgan fingerprint density at radius 3 is 2.50 bits per heavy atom. The number of nitrogens with one attached hydrogen (secondary N) is 2. The van der Waals surface area contributed by atoms with Gasteiger partial charge < -0.3 is 29.6 Å². The number of piperazine rings is 1. The number of anilines is 2. The van der Waals surface area contributed by atoms with E-state index in [2.05, 4.69) is 5.32 Å². The number of fused-ring (bicyclic) bond motifs is 1. The molecule has 5 rings (SSSR count). The number of rotatable bonds is 4. The number of amides is 1. The van der Waals surface area contributed by atoms with Gasteiger partial charge in [-0.15, -0.1) is 0 Å². The highest BCUT2D eigenvalue weighted by Gasteiger charge is 2.37.